The van der Waals surface area contributed by atoms with Crippen LogP contribution in [0.15, 0.2) is 18.3 Å². The summed E-state index contributed by atoms with van der Waals surface area (Å²) in [6.45, 7) is 0.630. The number of hydrogen-bond acceptors (Lipinski definition) is 3. The van der Waals surface area contributed by atoms with Crippen LogP contribution in [-0.2, 0) is 16.6 Å². The highest BCUT2D eigenvalue weighted by atomic mass is 16.5. The average Bonchev–Trinajstić information content (AvgIpc) is 2.79. The van der Waals surface area contributed by atoms with Gasteiger partial charge in [0.05, 0.1) is 7.11 Å². The number of aryl methyl sites for hydroxylation is 1. The highest BCUT2D eigenvalue weighted by Gasteiger charge is 2.07. The fourth-order valence-corrected chi connectivity index (χ4v) is 1.66. The number of nitrogens with zero attached hydrogens (tertiary/aromatic N) is 1. The van der Waals surface area contributed by atoms with Gasteiger partial charge in [-0.25, -0.2) is 0 Å². The van der Waals surface area contributed by atoms with Crippen molar-refractivity contribution in [3.05, 3.63) is 24.0 Å². The lowest BCUT2D eigenvalue weighted by Gasteiger charge is -2.05. The molecule has 100 valence electrons. The van der Waals surface area contributed by atoms with Crippen LogP contribution in [0.2, 0.25) is 0 Å². The summed E-state index contributed by atoms with van der Waals surface area (Å²) in [5.74, 6) is -0.238. The third-order valence-corrected chi connectivity index (χ3v) is 2.75. The molecule has 0 saturated heterocycles. The van der Waals surface area contributed by atoms with Crippen molar-refractivity contribution < 1.29 is 14.3 Å². The first kappa shape index (κ1) is 14.3. The van der Waals surface area contributed by atoms with Gasteiger partial charge in [0.2, 0.25) is 0 Å². The molecule has 5 heteroatoms. The molecular weight excluding hydrogens is 232 g/mol. The maximum Gasteiger partial charge on any atom is 0.305 e. The summed E-state index contributed by atoms with van der Waals surface area (Å²) >= 11 is 0. The molecule has 1 N–H and O–H groups in total. The first-order valence-electron chi connectivity index (χ1n) is 6.11. The molecule has 1 amide bonds. The largest absolute Gasteiger partial charge is 0.469 e. The van der Waals surface area contributed by atoms with Gasteiger partial charge in [-0.05, 0) is 25.0 Å². The number of esters is 1. The van der Waals surface area contributed by atoms with Crippen LogP contribution in [0.5, 0.6) is 0 Å². The fourth-order valence-electron chi connectivity index (χ4n) is 1.66. The van der Waals surface area contributed by atoms with Crippen molar-refractivity contribution in [1.82, 2.24) is 9.88 Å². The Labute approximate surface area is 107 Å². The standard InChI is InChI=1S/C13H20N2O3/c1-15-10-6-7-11(15)13(17)14-9-5-3-4-8-12(16)18-2/h6-7,10H,3-5,8-9H2,1-2H3,(H,14,17). The predicted molar refractivity (Wildman–Crippen MR) is 68.2 cm³/mol. The molecule has 0 aliphatic heterocycles. The van der Waals surface area contributed by atoms with E-state index in [0.717, 1.165) is 19.3 Å². The van der Waals surface area contributed by atoms with Gasteiger partial charge < -0.3 is 14.6 Å². The second kappa shape index (κ2) is 7.53. The molecule has 1 rings (SSSR count). The molecule has 0 atom stereocenters. The minimum atomic E-state index is -0.178. The Hall–Kier alpha value is -1.78. The molecule has 5 nitrogen and oxygen atoms in total. The molecular formula is C13H20N2O3. The number of nitrogens with one attached hydrogen (secondary N) is 1. The molecule has 0 bridgehead atoms. The molecule has 1 aromatic rings. The van der Waals surface area contributed by atoms with Crippen LogP contribution in [0.25, 0.3) is 0 Å². The Morgan fingerprint density at radius 2 is 2.11 bits per heavy atom. The van der Waals surface area contributed by atoms with Crippen LogP contribution >= 0.6 is 0 Å². The Kier molecular flexibility index (Phi) is 5.97. The van der Waals surface area contributed by atoms with Gasteiger partial charge in [-0.1, -0.05) is 6.42 Å². The molecule has 0 radical (unpaired) electrons. The zero-order chi connectivity index (χ0) is 13.4. The van der Waals surface area contributed by atoms with Gasteiger partial charge in [0.15, 0.2) is 0 Å². The predicted octanol–water partition coefficient (Wildman–Crippen LogP) is 1.49. The summed E-state index contributed by atoms with van der Waals surface area (Å²) < 4.78 is 6.33. The number of aromatic nitrogens is 1. The molecule has 0 fully saturated rings. The van der Waals surface area contributed by atoms with E-state index in [-0.39, 0.29) is 11.9 Å². The molecule has 0 saturated carbocycles. The highest BCUT2D eigenvalue weighted by molar-refractivity contribution is 5.92. The average molecular weight is 252 g/mol. The third kappa shape index (κ3) is 4.61. The Balaban J connectivity index is 2.10. The number of rotatable bonds is 7. The summed E-state index contributed by atoms with van der Waals surface area (Å²) in [5, 5.41) is 2.85. The zero-order valence-electron chi connectivity index (χ0n) is 10.9. The molecule has 1 heterocycles. The number of carbonyl (C=O) groups excluding carboxylic acids is 2. The maximum atomic E-state index is 11.7. The number of hydrogen-bond donors (Lipinski definition) is 1. The lowest BCUT2D eigenvalue weighted by atomic mass is 10.2. The summed E-state index contributed by atoms with van der Waals surface area (Å²) in [5.41, 5.74) is 0.657. The highest BCUT2D eigenvalue weighted by Crippen LogP contribution is 2.02. The van der Waals surface area contributed by atoms with E-state index in [4.69, 9.17) is 0 Å². The Bertz CT molecular complexity index is 399. The van der Waals surface area contributed by atoms with Crippen LogP contribution in [-0.4, -0.2) is 30.1 Å². The van der Waals surface area contributed by atoms with Crippen molar-refractivity contribution in [2.24, 2.45) is 7.05 Å². The van der Waals surface area contributed by atoms with Crippen LogP contribution in [0.1, 0.15) is 36.2 Å². The van der Waals surface area contributed by atoms with Gasteiger partial charge in [0.1, 0.15) is 5.69 Å². The van der Waals surface area contributed by atoms with Crippen LogP contribution < -0.4 is 5.32 Å². The van der Waals surface area contributed by atoms with E-state index in [1.807, 2.05) is 19.3 Å². The van der Waals surface area contributed by atoms with E-state index >= 15 is 0 Å². The molecule has 18 heavy (non-hydrogen) atoms. The quantitative estimate of drug-likeness (QED) is 0.591. The summed E-state index contributed by atoms with van der Waals surface area (Å²) in [6.07, 6.45) is 4.86. The molecule has 0 aliphatic carbocycles. The Morgan fingerprint density at radius 3 is 2.72 bits per heavy atom. The first-order valence-corrected chi connectivity index (χ1v) is 6.11. The Morgan fingerprint density at radius 1 is 1.33 bits per heavy atom. The van der Waals surface area contributed by atoms with Gasteiger partial charge in [0.25, 0.3) is 5.91 Å². The van der Waals surface area contributed by atoms with Crippen molar-refractivity contribution in [2.75, 3.05) is 13.7 Å². The second-order valence-corrected chi connectivity index (χ2v) is 4.15. The van der Waals surface area contributed by atoms with Crippen molar-refractivity contribution in [1.29, 1.82) is 0 Å². The van der Waals surface area contributed by atoms with E-state index in [1.54, 1.807) is 10.6 Å². The lowest BCUT2D eigenvalue weighted by molar-refractivity contribution is -0.140. The van der Waals surface area contributed by atoms with Crippen molar-refractivity contribution in [2.45, 2.75) is 25.7 Å². The number of ether oxygens (including phenoxy) is 1. The van der Waals surface area contributed by atoms with Gasteiger partial charge in [-0.15, -0.1) is 0 Å². The van der Waals surface area contributed by atoms with Gasteiger partial charge >= 0.3 is 5.97 Å². The normalized spacial score (nSPS) is 10.1. The zero-order valence-corrected chi connectivity index (χ0v) is 10.9. The third-order valence-electron chi connectivity index (χ3n) is 2.75. The van der Waals surface area contributed by atoms with Crippen molar-refractivity contribution in [3.63, 3.8) is 0 Å². The van der Waals surface area contributed by atoms with E-state index < -0.39 is 0 Å². The van der Waals surface area contributed by atoms with E-state index in [2.05, 4.69) is 10.1 Å². The second-order valence-electron chi connectivity index (χ2n) is 4.15. The smallest absolute Gasteiger partial charge is 0.305 e. The fraction of sp³-hybridized carbons (Fsp3) is 0.538. The molecule has 0 unspecified atom stereocenters. The van der Waals surface area contributed by atoms with E-state index in [9.17, 15) is 9.59 Å². The minimum Gasteiger partial charge on any atom is -0.469 e. The molecule has 1 aromatic heterocycles. The number of methoxy groups -OCH3 is 1. The van der Waals surface area contributed by atoms with E-state index in [1.165, 1.54) is 7.11 Å². The van der Waals surface area contributed by atoms with Crippen LogP contribution in [0.4, 0.5) is 0 Å². The minimum absolute atomic E-state index is 0.0598. The molecule has 0 aromatic carbocycles. The maximum absolute atomic E-state index is 11.7. The van der Waals surface area contributed by atoms with Gasteiger partial charge in [-0.2, -0.15) is 0 Å². The van der Waals surface area contributed by atoms with Crippen molar-refractivity contribution in [3.8, 4) is 0 Å². The summed E-state index contributed by atoms with van der Waals surface area (Å²) in [4.78, 5) is 22.6. The van der Waals surface area contributed by atoms with E-state index in [0.29, 0.717) is 18.7 Å². The lowest BCUT2D eigenvalue weighted by Crippen LogP contribution is -2.26. The monoisotopic (exact) mass is 252 g/mol. The number of amides is 1. The molecule has 0 aliphatic rings. The van der Waals surface area contributed by atoms with Gasteiger partial charge in [0, 0.05) is 26.2 Å². The number of unbranched alkanes of at least 4 members (excludes halogenated alkanes) is 2. The topological polar surface area (TPSA) is 60.3 Å². The summed E-state index contributed by atoms with van der Waals surface area (Å²) in [7, 11) is 3.23. The molecule has 0 spiro atoms. The van der Waals surface area contributed by atoms with Crippen molar-refractivity contribution >= 4 is 11.9 Å². The van der Waals surface area contributed by atoms with Crippen LogP contribution in [0, 0.1) is 0 Å². The summed E-state index contributed by atoms with van der Waals surface area (Å²) in [6, 6.07) is 3.62. The van der Waals surface area contributed by atoms with Crippen LogP contribution in [0.3, 0.4) is 0 Å². The van der Waals surface area contributed by atoms with Gasteiger partial charge in [-0.3, -0.25) is 9.59 Å². The number of carbonyl (C=O) groups is 2. The first-order chi connectivity index (χ1) is 8.65. The SMILES string of the molecule is COC(=O)CCCCCNC(=O)c1cccn1C.